The van der Waals surface area contributed by atoms with Crippen molar-refractivity contribution in [2.45, 2.75) is 0 Å². The SMILES string of the molecule is O=C(c1ccccc1)c1ccc2nc(C=Cc3nc4ccc(C(=O)c5ccccc5)cc4[nH]3)[nH]c2c1. The number of nitrogens with zero attached hydrogens (tertiary/aromatic N) is 2. The molecule has 0 amide bonds. The summed E-state index contributed by atoms with van der Waals surface area (Å²) in [5.41, 5.74) is 5.61. The van der Waals surface area contributed by atoms with Crippen LogP contribution in [0.4, 0.5) is 0 Å². The molecule has 0 aliphatic heterocycles. The lowest BCUT2D eigenvalue weighted by Crippen LogP contribution is -2.00. The Kier molecular flexibility index (Phi) is 5.31. The number of H-pyrrole nitrogens is 2. The van der Waals surface area contributed by atoms with Gasteiger partial charge < -0.3 is 9.97 Å². The predicted molar refractivity (Wildman–Crippen MR) is 141 cm³/mol. The van der Waals surface area contributed by atoms with Gasteiger partial charge in [-0.15, -0.1) is 0 Å². The van der Waals surface area contributed by atoms with Crippen molar-refractivity contribution in [3.05, 3.63) is 131 Å². The number of hydrogen-bond acceptors (Lipinski definition) is 4. The summed E-state index contributed by atoms with van der Waals surface area (Å²) in [6.07, 6.45) is 3.65. The van der Waals surface area contributed by atoms with E-state index in [-0.39, 0.29) is 11.6 Å². The monoisotopic (exact) mass is 468 g/mol. The van der Waals surface area contributed by atoms with E-state index in [1.807, 2.05) is 97.1 Å². The van der Waals surface area contributed by atoms with E-state index in [0.717, 1.165) is 22.1 Å². The van der Waals surface area contributed by atoms with E-state index in [4.69, 9.17) is 0 Å². The summed E-state index contributed by atoms with van der Waals surface area (Å²) in [4.78, 5) is 41.2. The molecule has 0 spiro atoms. The van der Waals surface area contributed by atoms with E-state index >= 15 is 0 Å². The Hall–Kier alpha value is -5.10. The molecule has 36 heavy (non-hydrogen) atoms. The number of aromatic amines is 2. The second kappa shape index (κ2) is 8.92. The van der Waals surface area contributed by atoms with Gasteiger partial charge in [0.15, 0.2) is 11.6 Å². The summed E-state index contributed by atoms with van der Waals surface area (Å²) >= 11 is 0. The van der Waals surface area contributed by atoms with Crippen LogP contribution < -0.4 is 0 Å². The number of aromatic nitrogens is 4. The number of nitrogens with one attached hydrogen (secondary N) is 2. The molecule has 0 bridgehead atoms. The van der Waals surface area contributed by atoms with E-state index in [9.17, 15) is 9.59 Å². The summed E-state index contributed by atoms with van der Waals surface area (Å²) in [7, 11) is 0. The molecule has 0 saturated carbocycles. The second-order valence-electron chi connectivity index (χ2n) is 8.43. The van der Waals surface area contributed by atoms with Crippen LogP contribution in [0, 0.1) is 0 Å². The van der Waals surface area contributed by atoms with Gasteiger partial charge in [0.1, 0.15) is 11.6 Å². The van der Waals surface area contributed by atoms with Crippen molar-refractivity contribution < 1.29 is 9.59 Å². The van der Waals surface area contributed by atoms with Crippen LogP contribution in [-0.4, -0.2) is 31.5 Å². The minimum Gasteiger partial charge on any atom is -0.338 e. The van der Waals surface area contributed by atoms with Crippen molar-refractivity contribution in [1.29, 1.82) is 0 Å². The highest BCUT2D eigenvalue weighted by Crippen LogP contribution is 2.20. The van der Waals surface area contributed by atoms with E-state index in [2.05, 4.69) is 19.9 Å². The average molecular weight is 469 g/mol. The van der Waals surface area contributed by atoms with Crippen LogP contribution in [0.3, 0.4) is 0 Å². The molecule has 2 N–H and O–H groups in total. The first-order valence-electron chi connectivity index (χ1n) is 11.5. The Labute approximate surface area is 206 Å². The summed E-state index contributed by atoms with van der Waals surface area (Å²) in [5.74, 6) is 1.23. The Morgan fingerprint density at radius 3 is 1.36 bits per heavy atom. The smallest absolute Gasteiger partial charge is 0.193 e. The number of fused-ring (bicyclic) bond motifs is 2. The zero-order valence-corrected chi connectivity index (χ0v) is 19.1. The molecule has 0 saturated heterocycles. The molecule has 0 aliphatic rings. The van der Waals surface area contributed by atoms with Crippen LogP contribution in [0.25, 0.3) is 34.2 Å². The van der Waals surface area contributed by atoms with Crippen LogP contribution >= 0.6 is 0 Å². The molecule has 6 aromatic rings. The Morgan fingerprint density at radius 1 is 0.528 bits per heavy atom. The zero-order chi connectivity index (χ0) is 24.5. The molecule has 2 heterocycles. The molecule has 2 aromatic heterocycles. The average Bonchev–Trinajstić information content (AvgIpc) is 3.54. The Balaban J connectivity index is 1.24. The molecule has 0 atom stereocenters. The first-order valence-corrected chi connectivity index (χ1v) is 11.5. The molecular formula is C30H20N4O2. The molecule has 6 rings (SSSR count). The summed E-state index contributed by atoms with van der Waals surface area (Å²) in [6, 6.07) is 29.3. The Morgan fingerprint density at radius 2 is 0.944 bits per heavy atom. The van der Waals surface area contributed by atoms with Crippen LogP contribution in [0.2, 0.25) is 0 Å². The van der Waals surface area contributed by atoms with Crippen molar-refractivity contribution in [1.82, 2.24) is 19.9 Å². The molecule has 0 aliphatic carbocycles. The largest absolute Gasteiger partial charge is 0.338 e. The van der Waals surface area contributed by atoms with Gasteiger partial charge in [-0.25, -0.2) is 9.97 Å². The van der Waals surface area contributed by atoms with Gasteiger partial charge in [-0.05, 0) is 48.6 Å². The van der Waals surface area contributed by atoms with Gasteiger partial charge >= 0.3 is 0 Å². The number of imidazole rings is 2. The lowest BCUT2D eigenvalue weighted by Gasteiger charge is -2.00. The van der Waals surface area contributed by atoms with Gasteiger partial charge in [-0.1, -0.05) is 60.7 Å². The van der Waals surface area contributed by atoms with Crippen LogP contribution in [0.1, 0.15) is 43.5 Å². The molecule has 4 aromatic carbocycles. The van der Waals surface area contributed by atoms with E-state index in [0.29, 0.717) is 33.9 Å². The Bertz CT molecular complexity index is 1630. The number of hydrogen-bond donors (Lipinski definition) is 2. The molecule has 172 valence electrons. The molecule has 0 unspecified atom stereocenters. The standard InChI is InChI=1S/C30H20N4O2/c35-29(19-7-3-1-4-8-19)21-11-13-23-25(17-21)33-27(31-23)15-16-28-32-24-14-12-22(18-26(24)34-28)30(36)20-9-5-2-6-10-20/h1-18H,(H,31,33)(H,32,34). The minimum absolute atomic E-state index is 0.0309. The molecule has 0 fully saturated rings. The van der Waals surface area contributed by atoms with Crippen LogP contribution in [0.5, 0.6) is 0 Å². The van der Waals surface area contributed by atoms with Gasteiger partial charge in [-0.3, -0.25) is 9.59 Å². The molecule has 0 radical (unpaired) electrons. The third kappa shape index (κ3) is 4.12. The lowest BCUT2D eigenvalue weighted by atomic mass is 10.0. The van der Waals surface area contributed by atoms with E-state index in [1.54, 1.807) is 12.1 Å². The third-order valence-corrected chi connectivity index (χ3v) is 6.00. The van der Waals surface area contributed by atoms with Crippen LogP contribution in [-0.2, 0) is 0 Å². The highest BCUT2D eigenvalue weighted by atomic mass is 16.1. The van der Waals surface area contributed by atoms with E-state index in [1.165, 1.54) is 0 Å². The lowest BCUT2D eigenvalue weighted by molar-refractivity contribution is 0.103. The van der Waals surface area contributed by atoms with Gasteiger partial charge in [0.05, 0.1) is 22.1 Å². The van der Waals surface area contributed by atoms with Gasteiger partial charge in [-0.2, -0.15) is 0 Å². The number of carbonyl (C=O) groups excluding carboxylic acids is 2. The first kappa shape index (κ1) is 21.4. The first-order chi connectivity index (χ1) is 17.6. The van der Waals surface area contributed by atoms with Crippen molar-refractivity contribution in [2.24, 2.45) is 0 Å². The third-order valence-electron chi connectivity index (χ3n) is 6.00. The molecular weight excluding hydrogens is 448 g/mol. The topological polar surface area (TPSA) is 91.5 Å². The van der Waals surface area contributed by atoms with Crippen molar-refractivity contribution in [3.63, 3.8) is 0 Å². The fourth-order valence-corrected chi connectivity index (χ4v) is 4.17. The highest BCUT2D eigenvalue weighted by Gasteiger charge is 2.12. The zero-order valence-electron chi connectivity index (χ0n) is 19.1. The normalized spacial score (nSPS) is 11.4. The predicted octanol–water partition coefficient (Wildman–Crippen LogP) is 6.07. The number of rotatable bonds is 6. The number of ketones is 2. The minimum atomic E-state index is -0.0309. The fraction of sp³-hybridized carbons (Fsp3) is 0. The highest BCUT2D eigenvalue weighted by molar-refractivity contribution is 6.11. The summed E-state index contributed by atoms with van der Waals surface area (Å²) in [5, 5.41) is 0. The number of benzene rings is 4. The van der Waals surface area contributed by atoms with Gasteiger partial charge in [0, 0.05) is 22.3 Å². The van der Waals surface area contributed by atoms with Crippen molar-refractivity contribution in [3.8, 4) is 0 Å². The van der Waals surface area contributed by atoms with Gasteiger partial charge in [0.2, 0.25) is 0 Å². The maximum atomic E-state index is 12.8. The summed E-state index contributed by atoms with van der Waals surface area (Å²) in [6.45, 7) is 0. The fourth-order valence-electron chi connectivity index (χ4n) is 4.17. The number of carbonyl (C=O) groups is 2. The quantitative estimate of drug-likeness (QED) is 0.290. The molecule has 6 heteroatoms. The summed E-state index contributed by atoms with van der Waals surface area (Å²) < 4.78 is 0. The van der Waals surface area contributed by atoms with E-state index < -0.39 is 0 Å². The molecule has 6 nitrogen and oxygen atoms in total. The maximum Gasteiger partial charge on any atom is 0.193 e. The van der Waals surface area contributed by atoms with Crippen LogP contribution in [0.15, 0.2) is 97.1 Å². The maximum absolute atomic E-state index is 12.8. The van der Waals surface area contributed by atoms with Crippen molar-refractivity contribution >= 4 is 45.8 Å². The van der Waals surface area contributed by atoms with Gasteiger partial charge in [0.25, 0.3) is 0 Å². The van der Waals surface area contributed by atoms with Crippen molar-refractivity contribution in [2.75, 3.05) is 0 Å². The second-order valence-corrected chi connectivity index (χ2v) is 8.43.